The molecule has 4 rings (SSSR count). The number of benzene rings is 4. The fourth-order valence-corrected chi connectivity index (χ4v) is 4.82. The first kappa shape index (κ1) is 26.6. The molecule has 194 valence electrons. The van der Waals surface area contributed by atoms with Gasteiger partial charge in [0.25, 0.3) is 5.91 Å². The molecule has 0 saturated carbocycles. The molecule has 0 bridgehead atoms. The highest BCUT2D eigenvalue weighted by Gasteiger charge is 2.23. The number of hydrogen-bond donors (Lipinski definition) is 2. The van der Waals surface area contributed by atoms with Gasteiger partial charge in [-0.3, -0.25) is 9.59 Å². The maximum absolute atomic E-state index is 13.5. The number of carbonyl (C=O) groups is 2. The van der Waals surface area contributed by atoms with Gasteiger partial charge in [-0.25, -0.2) is 0 Å². The minimum absolute atomic E-state index is 0.206. The van der Waals surface area contributed by atoms with Gasteiger partial charge in [-0.1, -0.05) is 42.5 Å². The number of amides is 2. The summed E-state index contributed by atoms with van der Waals surface area (Å²) in [6.45, 7) is 0. The summed E-state index contributed by atoms with van der Waals surface area (Å²) in [6.07, 6.45) is 0. The van der Waals surface area contributed by atoms with Gasteiger partial charge < -0.3 is 24.8 Å². The van der Waals surface area contributed by atoms with Crippen LogP contribution in [-0.2, 0) is 4.79 Å². The van der Waals surface area contributed by atoms with Gasteiger partial charge in [0.2, 0.25) is 5.91 Å². The topological polar surface area (TPSA) is 85.9 Å². The molecule has 0 saturated heterocycles. The Bertz CT molecular complexity index is 1390. The van der Waals surface area contributed by atoms with Crippen molar-refractivity contribution in [3.05, 3.63) is 108 Å². The smallest absolute Gasteiger partial charge is 0.255 e. The normalized spacial score (nSPS) is 11.2. The van der Waals surface area contributed by atoms with Crippen molar-refractivity contribution in [3.63, 3.8) is 0 Å². The number of anilines is 2. The highest BCUT2D eigenvalue weighted by molar-refractivity contribution is 8.00. The summed E-state index contributed by atoms with van der Waals surface area (Å²) in [5.41, 5.74) is 2.51. The lowest BCUT2D eigenvalue weighted by molar-refractivity contribution is -0.115. The van der Waals surface area contributed by atoms with Crippen molar-refractivity contribution >= 4 is 35.0 Å². The van der Waals surface area contributed by atoms with Crippen LogP contribution in [0.15, 0.2) is 102 Å². The molecule has 1 atom stereocenters. The number of ether oxygens (including phenoxy) is 3. The summed E-state index contributed by atoms with van der Waals surface area (Å²) in [5.74, 6) is 1.29. The molecule has 4 aromatic rings. The lowest BCUT2D eigenvalue weighted by atomic mass is 10.1. The largest absolute Gasteiger partial charge is 0.497 e. The van der Waals surface area contributed by atoms with Crippen molar-refractivity contribution in [2.45, 2.75) is 10.1 Å². The standard InChI is InChI=1S/C30H28N2O5S/c1-35-24-13-7-11-21(15-24)29(33)31-22-12-8-14-27(18-22)38-28(20-9-5-4-6-10-20)30(34)32-23-16-25(36-2)19-26(17-23)37-3/h4-19,28H,1-3H3,(H,31,33)(H,32,34). The zero-order valence-electron chi connectivity index (χ0n) is 21.3. The Labute approximate surface area is 226 Å². The molecule has 0 heterocycles. The number of hydrogen-bond acceptors (Lipinski definition) is 6. The third-order valence-corrected chi connectivity index (χ3v) is 6.89. The monoisotopic (exact) mass is 528 g/mol. The van der Waals surface area contributed by atoms with E-state index in [-0.39, 0.29) is 11.8 Å². The summed E-state index contributed by atoms with van der Waals surface area (Å²) in [4.78, 5) is 27.1. The molecule has 0 aliphatic rings. The van der Waals surface area contributed by atoms with E-state index in [1.54, 1.807) is 63.8 Å². The van der Waals surface area contributed by atoms with E-state index in [1.165, 1.54) is 11.8 Å². The summed E-state index contributed by atoms with van der Waals surface area (Å²) in [5, 5.41) is 5.35. The third kappa shape index (κ3) is 6.86. The highest BCUT2D eigenvalue weighted by Crippen LogP contribution is 2.38. The molecule has 0 aliphatic heterocycles. The van der Waals surface area contributed by atoms with Gasteiger partial charge in [-0.15, -0.1) is 11.8 Å². The SMILES string of the molecule is COc1cc(NC(=O)C(Sc2cccc(NC(=O)c3cccc(OC)c3)c2)c2ccccc2)cc(OC)c1. The molecule has 0 spiro atoms. The molecule has 2 N–H and O–H groups in total. The fourth-order valence-electron chi connectivity index (χ4n) is 3.74. The minimum atomic E-state index is -0.558. The number of thioether (sulfide) groups is 1. The molecule has 0 aromatic heterocycles. The zero-order chi connectivity index (χ0) is 26.9. The summed E-state index contributed by atoms with van der Waals surface area (Å²) in [6, 6.07) is 29.1. The van der Waals surface area contributed by atoms with Gasteiger partial charge in [0, 0.05) is 40.0 Å². The van der Waals surface area contributed by atoms with Crippen LogP contribution >= 0.6 is 11.8 Å². The molecule has 38 heavy (non-hydrogen) atoms. The fraction of sp³-hybridized carbons (Fsp3) is 0.133. The molecular weight excluding hydrogens is 500 g/mol. The summed E-state index contributed by atoms with van der Waals surface area (Å²) >= 11 is 1.39. The first-order chi connectivity index (χ1) is 18.5. The Morgan fingerprint density at radius 1 is 0.658 bits per heavy atom. The van der Waals surface area contributed by atoms with Crippen molar-refractivity contribution in [1.29, 1.82) is 0 Å². The number of nitrogens with one attached hydrogen (secondary N) is 2. The zero-order valence-corrected chi connectivity index (χ0v) is 22.1. The van der Waals surface area contributed by atoms with Gasteiger partial charge in [0.15, 0.2) is 0 Å². The molecule has 7 nitrogen and oxygen atoms in total. The number of carbonyl (C=O) groups excluding carboxylic acids is 2. The molecule has 8 heteroatoms. The third-order valence-electron chi connectivity index (χ3n) is 5.64. The van der Waals surface area contributed by atoms with E-state index >= 15 is 0 Å². The van der Waals surface area contributed by atoms with E-state index in [0.717, 1.165) is 10.5 Å². The molecule has 0 radical (unpaired) electrons. The Morgan fingerprint density at radius 2 is 1.34 bits per heavy atom. The highest BCUT2D eigenvalue weighted by atomic mass is 32.2. The second kappa shape index (κ2) is 12.7. The van der Waals surface area contributed by atoms with Crippen LogP contribution in [0.5, 0.6) is 17.2 Å². The van der Waals surface area contributed by atoms with Gasteiger partial charge in [0.05, 0.1) is 21.3 Å². The van der Waals surface area contributed by atoms with Crippen molar-refractivity contribution in [3.8, 4) is 17.2 Å². The Morgan fingerprint density at radius 3 is 2.03 bits per heavy atom. The quantitative estimate of drug-likeness (QED) is 0.231. The lowest BCUT2D eigenvalue weighted by Gasteiger charge is -2.18. The Hall–Kier alpha value is -4.43. The maximum Gasteiger partial charge on any atom is 0.255 e. The molecular formula is C30H28N2O5S. The van der Waals surface area contributed by atoms with Crippen molar-refractivity contribution in [2.75, 3.05) is 32.0 Å². The van der Waals surface area contributed by atoms with Crippen LogP contribution in [0.25, 0.3) is 0 Å². The van der Waals surface area contributed by atoms with Gasteiger partial charge in [0.1, 0.15) is 22.5 Å². The van der Waals surface area contributed by atoms with Gasteiger partial charge >= 0.3 is 0 Å². The minimum Gasteiger partial charge on any atom is -0.497 e. The Kier molecular flexibility index (Phi) is 8.89. The summed E-state index contributed by atoms with van der Waals surface area (Å²) in [7, 11) is 4.67. The average molecular weight is 529 g/mol. The van der Waals surface area contributed by atoms with Crippen LogP contribution in [-0.4, -0.2) is 33.1 Å². The summed E-state index contributed by atoms with van der Waals surface area (Å²) < 4.78 is 15.9. The van der Waals surface area contributed by atoms with Crippen molar-refractivity contribution < 1.29 is 23.8 Å². The van der Waals surface area contributed by atoms with E-state index in [2.05, 4.69) is 10.6 Å². The van der Waals surface area contributed by atoms with Crippen LogP contribution in [0.1, 0.15) is 21.2 Å². The van der Waals surface area contributed by atoms with Crippen molar-refractivity contribution in [1.82, 2.24) is 0 Å². The van der Waals surface area contributed by atoms with Crippen LogP contribution in [0.4, 0.5) is 11.4 Å². The van der Waals surface area contributed by atoms with E-state index in [9.17, 15) is 9.59 Å². The van der Waals surface area contributed by atoms with Crippen molar-refractivity contribution in [2.24, 2.45) is 0 Å². The predicted octanol–water partition coefficient (Wildman–Crippen LogP) is 6.44. The molecule has 0 fully saturated rings. The number of rotatable bonds is 10. The molecule has 2 amide bonds. The molecule has 0 aliphatic carbocycles. The van der Waals surface area contributed by atoms with E-state index < -0.39 is 5.25 Å². The van der Waals surface area contributed by atoms with Gasteiger partial charge in [-0.2, -0.15) is 0 Å². The molecule has 1 unspecified atom stereocenters. The molecule has 4 aromatic carbocycles. The predicted molar refractivity (Wildman–Crippen MR) is 151 cm³/mol. The number of methoxy groups -OCH3 is 3. The lowest BCUT2D eigenvalue weighted by Crippen LogP contribution is -2.19. The van der Waals surface area contributed by atoms with Crippen LogP contribution in [0.3, 0.4) is 0 Å². The second-order valence-electron chi connectivity index (χ2n) is 8.21. The second-order valence-corrected chi connectivity index (χ2v) is 9.39. The van der Waals surface area contributed by atoms with Gasteiger partial charge in [-0.05, 0) is 42.0 Å². The average Bonchev–Trinajstić information content (AvgIpc) is 2.96. The van der Waals surface area contributed by atoms with Crippen LogP contribution in [0.2, 0.25) is 0 Å². The first-order valence-corrected chi connectivity index (χ1v) is 12.7. The van der Waals surface area contributed by atoms with E-state index in [4.69, 9.17) is 14.2 Å². The van der Waals surface area contributed by atoms with E-state index in [0.29, 0.717) is 34.2 Å². The maximum atomic E-state index is 13.5. The van der Waals surface area contributed by atoms with E-state index in [1.807, 2.05) is 54.6 Å². The van der Waals surface area contributed by atoms with Crippen LogP contribution < -0.4 is 24.8 Å². The van der Waals surface area contributed by atoms with Crippen LogP contribution in [0, 0.1) is 0 Å². The first-order valence-electron chi connectivity index (χ1n) is 11.8. The Balaban J connectivity index is 1.55.